The molecule has 1 aromatic heterocycles. The topological polar surface area (TPSA) is 70.3 Å². The fourth-order valence-corrected chi connectivity index (χ4v) is 1.95. The first-order chi connectivity index (χ1) is 9.78. The van der Waals surface area contributed by atoms with Gasteiger partial charge >= 0.3 is 0 Å². The molecule has 5 heteroatoms. The summed E-state index contributed by atoms with van der Waals surface area (Å²) in [4.78, 5) is 7.93. The van der Waals surface area contributed by atoms with E-state index < -0.39 is 0 Å². The lowest BCUT2D eigenvalue weighted by Gasteiger charge is -2.09. The van der Waals surface area contributed by atoms with Crippen molar-refractivity contribution in [2.75, 3.05) is 12.8 Å². The maximum Gasteiger partial charge on any atom is 0.249 e. The third kappa shape index (κ3) is 2.21. The number of methoxy groups -OCH3 is 1. The molecule has 0 spiro atoms. The van der Waals surface area contributed by atoms with E-state index in [1.54, 1.807) is 0 Å². The largest absolute Gasteiger partial charge is 0.479 e. The van der Waals surface area contributed by atoms with E-state index in [4.69, 9.17) is 15.2 Å². The molecular formula is C15H13N3O2. The molecule has 0 aliphatic carbocycles. The summed E-state index contributed by atoms with van der Waals surface area (Å²) in [6, 6.07) is 13.8. The van der Waals surface area contributed by atoms with Crippen LogP contribution in [-0.2, 0) is 0 Å². The van der Waals surface area contributed by atoms with Crippen molar-refractivity contribution in [3.63, 3.8) is 0 Å². The fourth-order valence-electron chi connectivity index (χ4n) is 1.95. The highest BCUT2D eigenvalue weighted by atomic mass is 16.5. The number of fused-ring (bicyclic) bond motifs is 1. The molecule has 3 rings (SSSR count). The number of benzene rings is 2. The molecule has 0 saturated heterocycles. The Morgan fingerprint density at radius 3 is 2.50 bits per heavy atom. The molecule has 0 aliphatic rings. The van der Waals surface area contributed by atoms with Crippen LogP contribution in [0, 0.1) is 0 Å². The van der Waals surface area contributed by atoms with Gasteiger partial charge in [0.25, 0.3) is 0 Å². The Balaban J connectivity index is 1.97. The summed E-state index contributed by atoms with van der Waals surface area (Å²) >= 11 is 0. The molecule has 1 heterocycles. The highest BCUT2D eigenvalue weighted by Crippen LogP contribution is 2.31. The van der Waals surface area contributed by atoms with Crippen LogP contribution in [0.2, 0.25) is 0 Å². The van der Waals surface area contributed by atoms with E-state index in [1.807, 2.05) is 42.5 Å². The molecule has 0 fully saturated rings. The summed E-state index contributed by atoms with van der Waals surface area (Å²) in [7, 11) is 1.50. The molecule has 100 valence electrons. The SMILES string of the molecule is COc1ncnc(Oc2ccc3ccccc3c2)c1N. The number of ether oxygens (including phenoxy) is 2. The van der Waals surface area contributed by atoms with Crippen LogP contribution in [0.4, 0.5) is 5.69 Å². The zero-order valence-corrected chi connectivity index (χ0v) is 10.9. The average molecular weight is 267 g/mol. The lowest BCUT2D eigenvalue weighted by Crippen LogP contribution is -2.00. The van der Waals surface area contributed by atoms with Crippen LogP contribution >= 0.6 is 0 Å². The molecule has 0 atom stereocenters. The minimum absolute atomic E-state index is 0.281. The zero-order chi connectivity index (χ0) is 13.9. The van der Waals surface area contributed by atoms with Crippen LogP contribution in [0.1, 0.15) is 0 Å². The Morgan fingerprint density at radius 2 is 1.70 bits per heavy atom. The predicted molar refractivity (Wildman–Crippen MR) is 77.0 cm³/mol. The quantitative estimate of drug-likeness (QED) is 0.789. The summed E-state index contributed by atoms with van der Waals surface area (Å²) in [6.45, 7) is 0. The van der Waals surface area contributed by atoms with Gasteiger partial charge in [0.05, 0.1) is 7.11 Å². The number of nitrogens with two attached hydrogens (primary N) is 1. The summed E-state index contributed by atoms with van der Waals surface area (Å²) in [5.41, 5.74) is 6.16. The highest BCUT2D eigenvalue weighted by molar-refractivity contribution is 5.83. The summed E-state index contributed by atoms with van der Waals surface area (Å²) < 4.78 is 10.7. The van der Waals surface area contributed by atoms with Gasteiger partial charge in [-0.05, 0) is 22.9 Å². The lowest BCUT2D eigenvalue weighted by atomic mass is 10.1. The molecule has 5 nitrogen and oxygen atoms in total. The van der Waals surface area contributed by atoms with Crippen molar-refractivity contribution in [3.8, 4) is 17.5 Å². The third-order valence-corrected chi connectivity index (χ3v) is 2.94. The van der Waals surface area contributed by atoms with Crippen molar-refractivity contribution in [1.29, 1.82) is 0 Å². The van der Waals surface area contributed by atoms with Gasteiger partial charge in [-0.1, -0.05) is 30.3 Å². The molecule has 0 bridgehead atoms. The van der Waals surface area contributed by atoms with Crippen LogP contribution < -0.4 is 15.2 Å². The molecule has 0 amide bonds. The summed E-state index contributed by atoms with van der Waals surface area (Å²) in [5.74, 6) is 1.25. The van der Waals surface area contributed by atoms with Crippen molar-refractivity contribution >= 4 is 16.5 Å². The van der Waals surface area contributed by atoms with Gasteiger partial charge in [0, 0.05) is 0 Å². The van der Waals surface area contributed by atoms with Gasteiger partial charge in [0.2, 0.25) is 11.8 Å². The summed E-state index contributed by atoms with van der Waals surface area (Å²) in [6.07, 6.45) is 1.35. The van der Waals surface area contributed by atoms with E-state index in [-0.39, 0.29) is 11.6 Å². The minimum atomic E-state index is 0.281. The molecule has 0 radical (unpaired) electrons. The number of hydrogen-bond donors (Lipinski definition) is 1. The number of nitrogens with zero attached hydrogens (tertiary/aromatic N) is 2. The Labute approximate surface area is 116 Å². The molecule has 20 heavy (non-hydrogen) atoms. The normalized spacial score (nSPS) is 10.4. The first-order valence-corrected chi connectivity index (χ1v) is 6.09. The van der Waals surface area contributed by atoms with Crippen molar-refractivity contribution in [2.24, 2.45) is 0 Å². The van der Waals surface area contributed by atoms with Gasteiger partial charge in [-0.2, -0.15) is 9.97 Å². The number of anilines is 1. The molecule has 0 unspecified atom stereocenters. The second-order valence-corrected chi connectivity index (χ2v) is 4.21. The van der Waals surface area contributed by atoms with Crippen molar-refractivity contribution in [2.45, 2.75) is 0 Å². The lowest BCUT2D eigenvalue weighted by molar-refractivity contribution is 0.391. The van der Waals surface area contributed by atoms with Crippen LogP contribution in [0.3, 0.4) is 0 Å². The smallest absolute Gasteiger partial charge is 0.249 e. The Morgan fingerprint density at radius 1 is 0.950 bits per heavy atom. The van der Waals surface area contributed by atoms with Gasteiger partial charge in [-0.25, -0.2) is 0 Å². The maximum absolute atomic E-state index is 5.88. The van der Waals surface area contributed by atoms with E-state index in [2.05, 4.69) is 9.97 Å². The first-order valence-electron chi connectivity index (χ1n) is 6.09. The van der Waals surface area contributed by atoms with E-state index >= 15 is 0 Å². The molecule has 3 aromatic rings. The number of rotatable bonds is 3. The maximum atomic E-state index is 5.88. The van der Waals surface area contributed by atoms with Gasteiger partial charge < -0.3 is 15.2 Å². The van der Waals surface area contributed by atoms with Crippen molar-refractivity contribution in [1.82, 2.24) is 9.97 Å². The number of nitrogen functional groups attached to an aromatic ring is 1. The van der Waals surface area contributed by atoms with E-state index in [9.17, 15) is 0 Å². The van der Waals surface area contributed by atoms with Crippen LogP contribution in [0.5, 0.6) is 17.5 Å². The first kappa shape index (κ1) is 12.2. The number of aromatic nitrogens is 2. The van der Waals surface area contributed by atoms with Crippen molar-refractivity contribution < 1.29 is 9.47 Å². The van der Waals surface area contributed by atoms with E-state index in [0.717, 1.165) is 10.8 Å². The molecule has 0 saturated carbocycles. The second-order valence-electron chi connectivity index (χ2n) is 4.21. The molecule has 0 aliphatic heterocycles. The Kier molecular flexibility index (Phi) is 3.09. The van der Waals surface area contributed by atoms with Gasteiger partial charge in [0.15, 0.2) is 5.69 Å². The molecule has 2 aromatic carbocycles. The molecular weight excluding hydrogens is 254 g/mol. The predicted octanol–water partition coefficient (Wildman–Crippen LogP) is 3.01. The Hall–Kier alpha value is -2.82. The fraction of sp³-hybridized carbons (Fsp3) is 0.0667. The van der Waals surface area contributed by atoms with Gasteiger partial charge in [-0.15, -0.1) is 0 Å². The second kappa shape index (κ2) is 5.05. The van der Waals surface area contributed by atoms with E-state index in [1.165, 1.54) is 13.4 Å². The average Bonchev–Trinajstić information content (AvgIpc) is 2.49. The van der Waals surface area contributed by atoms with Gasteiger partial charge in [0.1, 0.15) is 12.1 Å². The Bertz CT molecular complexity index is 759. The standard InChI is InChI=1S/C15H13N3O2/c1-19-14-13(16)15(18-9-17-14)20-12-7-6-10-4-2-3-5-11(10)8-12/h2-9H,16H2,1H3. The van der Waals surface area contributed by atoms with Crippen LogP contribution in [0.25, 0.3) is 10.8 Å². The van der Waals surface area contributed by atoms with Gasteiger partial charge in [-0.3, -0.25) is 0 Å². The minimum Gasteiger partial charge on any atom is -0.479 e. The van der Waals surface area contributed by atoms with Crippen LogP contribution in [0.15, 0.2) is 48.8 Å². The number of hydrogen-bond acceptors (Lipinski definition) is 5. The van der Waals surface area contributed by atoms with Crippen molar-refractivity contribution in [3.05, 3.63) is 48.8 Å². The zero-order valence-electron chi connectivity index (χ0n) is 10.9. The third-order valence-electron chi connectivity index (χ3n) is 2.94. The highest BCUT2D eigenvalue weighted by Gasteiger charge is 2.10. The summed E-state index contributed by atoms with van der Waals surface area (Å²) in [5, 5.41) is 2.23. The molecule has 2 N–H and O–H groups in total. The monoisotopic (exact) mass is 267 g/mol. The van der Waals surface area contributed by atoms with Crippen LogP contribution in [-0.4, -0.2) is 17.1 Å². The van der Waals surface area contributed by atoms with E-state index in [0.29, 0.717) is 11.6 Å².